The van der Waals surface area contributed by atoms with Gasteiger partial charge in [0.2, 0.25) is 0 Å². The number of hydrogen-bond donors (Lipinski definition) is 0. The van der Waals surface area contributed by atoms with Crippen LogP contribution in [0, 0.1) is 6.42 Å². The lowest BCUT2D eigenvalue weighted by Crippen LogP contribution is -1.82. The Kier molecular flexibility index (Phi) is 2.09. The molecule has 0 fully saturated rings. The van der Waals surface area contributed by atoms with Gasteiger partial charge in [0.15, 0.2) is 0 Å². The number of fused-ring (bicyclic) bond motifs is 1. The van der Waals surface area contributed by atoms with Crippen LogP contribution in [-0.2, 0) is 4.79 Å². The van der Waals surface area contributed by atoms with Gasteiger partial charge in [-0.25, -0.2) is 0 Å². The number of carbonyl (C=O) groups excluding carboxylic acids is 1. The quantitative estimate of drug-likeness (QED) is 0.631. The predicted octanol–water partition coefficient (Wildman–Crippen LogP) is 2.59. The van der Waals surface area contributed by atoms with Crippen LogP contribution in [0.15, 0.2) is 42.5 Å². The van der Waals surface area contributed by atoms with Crippen molar-refractivity contribution in [1.29, 1.82) is 0 Å². The Balaban J connectivity index is 2.55. The highest BCUT2D eigenvalue weighted by Crippen LogP contribution is 2.15. The minimum absolute atomic E-state index is 0.810. The zero-order valence-electron chi connectivity index (χ0n) is 7.10. The van der Waals surface area contributed by atoms with Crippen molar-refractivity contribution in [2.24, 2.45) is 0 Å². The van der Waals surface area contributed by atoms with Crippen LogP contribution in [-0.4, -0.2) is 6.29 Å². The Morgan fingerprint density at radius 1 is 0.923 bits per heavy atom. The van der Waals surface area contributed by atoms with Gasteiger partial charge in [0, 0.05) is 0 Å². The van der Waals surface area contributed by atoms with E-state index in [1.807, 2.05) is 36.4 Å². The molecule has 2 aromatic rings. The normalized spacial score (nSPS) is 10.2. The van der Waals surface area contributed by atoms with E-state index in [0.717, 1.165) is 17.2 Å². The highest BCUT2D eigenvalue weighted by molar-refractivity contribution is 5.84. The van der Waals surface area contributed by atoms with Gasteiger partial charge < -0.3 is 4.79 Å². The number of aldehydes is 1. The molecule has 0 aliphatic heterocycles. The van der Waals surface area contributed by atoms with Crippen LogP contribution in [0.25, 0.3) is 10.8 Å². The van der Waals surface area contributed by atoms with E-state index >= 15 is 0 Å². The summed E-state index contributed by atoms with van der Waals surface area (Å²) in [5, 5.41) is 2.36. The first-order valence-corrected chi connectivity index (χ1v) is 4.17. The summed E-state index contributed by atoms with van der Waals surface area (Å²) in [5.74, 6) is 0. The van der Waals surface area contributed by atoms with Gasteiger partial charge in [0.05, 0.1) is 6.42 Å². The summed E-state index contributed by atoms with van der Waals surface area (Å²) in [4.78, 5) is 10.3. The summed E-state index contributed by atoms with van der Waals surface area (Å²) in [5.41, 5.74) is 0.953. The monoisotopic (exact) mass is 169 g/mol. The molecule has 0 aromatic heterocycles. The minimum Gasteiger partial charge on any atom is -0.303 e. The lowest BCUT2D eigenvalue weighted by molar-refractivity contribution is -0.104. The fraction of sp³-hybridized carbons (Fsp3) is 0. The second-order valence-corrected chi connectivity index (χ2v) is 2.91. The lowest BCUT2D eigenvalue weighted by atomic mass is 10.1. The summed E-state index contributed by atoms with van der Waals surface area (Å²) < 4.78 is 0. The Hall–Kier alpha value is -1.63. The fourth-order valence-corrected chi connectivity index (χ4v) is 1.39. The van der Waals surface area contributed by atoms with Crippen LogP contribution in [0.2, 0.25) is 0 Å². The van der Waals surface area contributed by atoms with Gasteiger partial charge in [0.1, 0.15) is 6.29 Å². The van der Waals surface area contributed by atoms with Gasteiger partial charge in [-0.05, 0) is 16.3 Å². The molecule has 0 amide bonds. The molecular formula is C12H9O. The van der Waals surface area contributed by atoms with Crippen molar-refractivity contribution in [3.05, 3.63) is 54.4 Å². The highest BCUT2D eigenvalue weighted by atomic mass is 16.1. The van der Waals surface area contributed by atoms with E-state index in [-0.39, 0.29) is 0 Å². The van der Waals surface area contributed by atoms with E-state index < -0.39 is 0 Å². The summed E-state index contributed by atoms with van der Waals surface area (Å²) >= 11 is 0. The molecule has 0 aliphatic rings. The highest BCUT2D eigenvalue weighted by Gasteiger charge is 1.94. The van der Waals surface area contributed by atoms with Gasteiger partial charge in [-0.1, -0.05) is 42.5 Å². The molecule has 1 heteroatoms. The van der Waals surface area contributed by atoms with E-state index in [1.165, 1.54) is 5.39 Å². The molecule has 2 aromatic carbocycles. The van der Waals surface area contributed by atoms with Gasteiger partial charge in [0.25, 0.3) is 0 Å². The average molecular weight is 169 g/mol. The first kappa shape index (κ1) is 7.99. The van der Waals surface area contributed by atoms with E-state index in [4.69, 9.17) is 0 Å². The Bertz CT molecular complexity index is 432. The number of benzene rings is 2. The van der Waals surface area contributed by atoms with Gasteiger partial charge in [-0.3, -0.25) is 0 Å². The number of carbonyl (C=O) groups is 1. The number of hydrogen-bond acceptors (Lipinski definition) is 1. The van der Waals surface area contributed by atoms with Gasteiger partial charge in [-0.2, -0.15) is 0 Å². The molecule has 2 rings (SSSR count). The zero-order chi connectivity index (χ0) is 9.10. The molecule has 0 N–H and O–H groups in total. The Morgan fingerprint density at radius 2 is 1.69 bits per heavy atom. The summed E-state index contributed by atoms with van der Waals surface area (Å²) in [6, 6.07) is 14.1. The summed E-state index contributed by atoms with van der Waals surface area (Å²) in [7, 11) is 0. The summed E-state index contributed by atoms with van der Waals surface area (Å²) in [6.45, 7) is 0. The number of rotatable bonds is 2. The van der Waals surface area contributed by atoms with Crippen LogP contribution in [0.3, 0.4) is 0 Å². The first-order chi connectivity index (χ1) is 6.40. The maximum absolute atomic E-state index is 10.3. The minimum atomic E-state index is 0.810. The second kappa shape index (κ2) is 3.40. The second-order valence-electron chi connectivity index (χ2n) is 2.91. The zero-order valence-corrected chi connectivity index (χ0v) is 7.10. The molecule has 0 saturated heterocycles. The molecule has 1 nitrogen and oxygen atoms in total. The van der Waals surface area contributed by atoms with Crippen molar-refractivity contribution in [2.45, 2.75) is 0 Å². The molecular weight excluding hydrogens is 160 g/mol. The average Bonchev–Trinajstić information content (AvgIpc) is 2.18. The summed E-state index contributed by atoms with van der Waals surface area (Å²) in [6.07, 6.45) is 2.37. The lowest BCUT2D eigenvalue weighted by Gasteiger charge is -1.98. The van der Waals surface area contributed by atoms with Crippen LogP contribution in [0.4, 0.5) is 0 Å². The molecule has 1 radical (unpaired) electrons. The molecule has 0 bridgehead atoms. The standard InChI is InChI=1S/C12H9O/c13-8-7-10-5-6-11-3-1-2-4-12(11)9-10/h1-9H. The molecule has 0 heterocycles. The predicted molar refractivity (Wildman–Crippen MR) is 53.4 cm³/mol. The maximum atomic E-state index is 10.3. The molecule has 0 aliphatic carbocycles. The molecule has 0 atom stereocenters. The van der Waals surface area contributed by atoms with Crippen LogP contribution in [0.1, 0.15) is 5.56 Å². The molecule has 0 saturated carbocycles. The topological polar surface area (TPSA) is 17.1 Å². The van der Waals surface area contributed by atoms with Crippen molar-refractivity contribution < 1.29 is 4.79 Å². The Labute approximate surface area is 77.0 Å². The van der Waals surface area contributed by atoms with Crippen molar-refractivity contribution in [3.8, 4) is 0 Å². The van der Waals surface area contributed by atoms with E-state index in [0.29, 0.717) is 0 Å². The van der Waals surface area contributed by atoms with E-state index in [1.54, 1.807) is 6.42 Å². The SMILES string of the molecule is O=C[CH]c1ccc2ccccc2c1. The van der Waals surface area contributed by atoms with E-state index in [2.05, 4.69) is 6.07 Å². The molecule has 0 spiro atoms. The largest absolute Gasteiger partial charge is 0.303 e. The van der Waals surface area contributed by atoms with Gasteiger partial charge in [-0.15, -0.1) is 0 Å². The smallest absolute Gasteiger partial charge is 0.128 e. The third-order valence-electron chi connectivity index (χ3n) is 2.03. The molecule has 0 unspecified atom stereocenters. The van der Waals surface area contributed by atoms with Crippen molar-refractivity contribution in [2.75, 3.05) is 0 Å². The molecule has 13 heavy (non-hydrogen) atoms. The maximum Gasteiger partial charge on any atom is 0.128 e. The fourth-order valence-electron chi connectivity index (χ4n) is 1.39. The van der Waals surface area contributed by atoms with Gasteiger partial charge >= 0.3 is 0 Å². The molecule has 63 valence electrons. The van der Waals surface area contributed by atoms with Crippen molar-refractivity contribution >= 4 is 17.1 Å². The van der Waals surface area contributed by atoms with Crippen molar-refractivity contribution in [3.63, 3.8) is 0 Å². The third kappa shape index (κ3) is 1.59. The van der Waals surface area contributed by atoms with Crippen molar-refractivity contribution in [1.82, 2.24) is 0 Å². The third-order valence-corrected chi connectivity index (χ3v) is 2.03. The first-order valence-electron chi connectivity index (χ1n) is 4.17. The van der Waals surface area contributed by atoms with Crippen LogP contribution >= 0.6 is 0 Å². The van der Waals surface area contributed by atoms with Crippen LogP contribution in [0.5, 0.6) is 0 Å². The van der Waals surface area contributed by atoms with Crippen LogP contribution < -0.4 is 0 Å². The van der Waals surface area contributed by atoms with E-state index in [9.17, 15) is 4.79 Å². The Morgan fingerprint density at radius 3 is 2.46 bits per heavy atom.